The van der Waals surface area contributed by atoms with Crippen LogP contribution in [0.5, 0.6) is 17.2 Å². The van der Waals surface area contributed by atoms with Crippen LogP contribution in [0.3, 0.4) is 0 Å². The van der Waals surface area contributed by atoms with Crippen LogP contribution >= 0.6 is 23.2 Å². The number of ether oxygens (including phenoxy) is 2. The first-order valence-corrected chi connectivity index (χ1v) is 46.1. The second kappa shape index (κ2) is 42.0. The zero-order valence-corrected chi connectivity index (χ0v) is 79.0. The molecule has 126 heavy (non-hydrogen) atoms. The lowest BCUT2D eigenvalue weighted by molar-refractivity contribution is 0.317. The van der Waals surface area contributed by atoms with Gasteiger partial charge >= 0.3 is 0 Å². The van der Waals surface area contributed by atoms with E-state index in [4.69, 9.17) is 52.6 Å². The van der Waals surface area contributed by atoms with Crippen molar-refractivity contribution in [3.8, 4) is 17.2 Å². The van der Waals surface area contributed by atoms with E-state index in [-0.39, 0.29) is 22.2 Å². The highest BCUT2D eigenvalue weighted by atomic mass is 35.5. The summed E-state index contributed by atoms with van der Waals surface area (Å²) in [7, 11) is 3.36. The number of pyridine rings is 4. The molecule has 4 fully saturated rings. The molecule has 8 heterocycles. The van der Waals surface area contributed by atoms with Crippen LogP contribution < -0.4 is 71.6 Å². The summed E-state index contributed by atoms with van der Waals surface area (Å²) in [6.07, 6.45) is 9.15. The van der Waals surface area contributed by atoms with E-state index in [9.17, 15) is 5.11 Å². The monoisotopic (exact) mass is 1740 g/mol. The smallest absolute Gasteiger partial charge is 0.137 e. The molecule has 0 atom stereocenters. The molecule has 9 N–H and O–H groups in total. The second-order valence-electron chi connectivity index (χ2n) is 38.7. The minimum absolute atomic E-state index is 0.148. The molecule has 16 rings (SSSR count). The van der Waals surface area contributed by atoms with Crippen LogP contribution in [0.4, 0.5) is 46.0 Å². The Kier molecular flexibility index (Phi) is 31.1. The Bertz CT molecular complexity index is 5610. The van der Waals surface area contributed by atoms with Crippen molar-refractivity contribution in [2.45, 2.75) is 228 Å². The maximum Gasteiger partial charge on any atom is 0.137 e. The fourth-order valence-corrected chi connectivity index (χ4v) is 18.1. The number of aromatic hydroxyl groups is 1. The fraction of sp³-hybridized carbons (Fsp3) is 0.429. The van der Waals surface area contributed by atoms with Gasteiger partial charge < -0.3 is 76.7 Å². The summed E-state index contributed by atoms with van der Waals surface area (Å²) in [5.41, 5.74) is 17.3. The van der Waals surface area contributed by atoms with Gasteiger partial charge in [0.2, 0.25) is 0 Å². The van der Waals surface area contributed by atoms with Gasteiger partial charge in [-0.05, 0) is 238 Å². The molecule has 4 saturated heterocycles. The molecule has 19 nitrogen and oxygen atoms in total. The Balaban J connectivity index is 0.000000144. The Hall–Kier alpha value is -10.4. The number of benzene rings is 8. The lowest BCUT2D eigenvalue weighted by Gasteiger charge is -2.37. The highest BCUT2D eigenvalue weighted by Gasteiger charge is 2.30. The maximum absolute atomic E-state index is 10.2. The minimum Gasteiger partial charge on any atom is -0.508 e. The zero-order chi connectivity index (χ0) is 89.5. The molecule has 4 aromatic heterocycles. The van der Waals surface area contributed by atoms with Crippen LogP contribution in [0.1, 0.15) is 173 Å². The van der Waals surface area contributed by atoms with Gasteiger partial charge in [-0.2, -0.15) is 0 Å². The average Bonchev–Trinajstić information content (AvgIpc) is 0.800. The fourth-order valence-electron chi connectivity index (χ4n) is 17.8. The van der Waals surface area contributed by atoms with Crippen molar-refractivity contribution in [2.24, 2.45) is 0 Å². The van der Waals surface area contributed by atoms with Gasteiger partial charge in [0, 0.05) is 210 Å². The zero-order valence-electron chi connectivity index (χ0n) is 77.5. The molecule has 0 aliphatic carbocycles. The van der Waals surface area contributed by atoms with E-state index in [0.29, 0.717) is 60.3 Å². The lowest BCUT2D eigenvalue weighted by atomic mass is 9.99. The first kappa shape index (κ1) is 93.3. The van der Waals surface area contributed by atoms with Crippen LogP contribution in [-0.2, 0) is 26.2 Å². The topological polar surface area (TPSA) is 199 Å². The van der Waals surface area contributed by atoms with Crippen molar-refractivity contribution in [3.63, 3.8) is 0 Å². The van der Waals surface area contributed by atoms with E-state index in [1.165, 1.54) is 55.4 Å². The molecule has 8 aromatic carbocycles. The molecular weight excluding hydrogens is 1600 g/mol. The predicted molar refractivity (Wildman–Crippen MR) is 534 cm³/mol. The molecule has 668 valence electrons. The number of rotatable bonds is 22. The van der Waals surface area contributed by atoms with E-state index in [1.54, 1.807) is 20.3 Å². The molecule has 21 heteroatoms. The summed E-state index contributed by atoms with van der Waals surface area (Å²) in [5, 5.41) is 45.5. The highest BCUT2D eigenvalue weighted by molar-refractivity contribution is 6.32. The molecular formula is C105H136Cl2N16O3. The van der Waals surface area contributed by atoms with Gasteiger partial charge in [0.05, 0.1) is 41.3 Å². The molecule has 0 spiro atoms. The third-order valence-electron chi connectivity index (χ3n) is 23.7. The van der Waals surface area contributed by atoms with E-state index in [2.05, 4.69) is 292 Å². The molecule has 0 saturated carbocycles. The van der Waals surface area contributed by atoms with Crippen LogP contribution in [0.25, 0.3) is 43.6 Å². The third-order valence-corrected chi connectivity index (χ3v) is 24.4. The van der Waals surface area contributed by atoms with Crippen molar-refractivity contribution in [2.75, 3.05) is 107 Å². The van der Waals surface area contributed by atoms with Crippen LogP contribution in [0.15, 0.2) is 194 Å². The Morgan fingerprint density at radius 2 is 0.627 bits per heavy atom. The van der Waals surface area contributed by atoms with Gasteiger partial charge in [0.15, 0.2) is 0 Å². The summed E-state index contributed by atoms with van der Waals surface area (Å²) < 4.78 is 10.9. The predicted octanol–water partition coefficient (Wildman–Crippen LogP) is 22.8. The molecule has 0 radical (unpaired) electrons. The number of fused-ring (bicyclic) bond motifs is 4. The number of para-hydroxylation sites is 4. The molecule has 4 aliphatic heterocycles. The van der Waals surface area contributed by atoms with Crippen LogP contribution in [0.2, 0.25) is 10.0 Å². The highest BCUT2D eigenvalue weighted by Crippen LogP contribution is 2.38. The summed E-state index contributed by atoms with van der Waals surface area (Å²) in [6, 6.07) is 68.8. The first-order valence-electron chi connectivity index (χ1n) is 45.4. The maximum atomic E-state index is 10.2. The van der Waals surface area contributed by atoms with Gasteiger partial charge in [0.1, 0.15) is 40.5 Å². The number of halogens is 2. The summed E-state index contributed by atoms with van der Waals surface area (Å²) in [4.78, 5) is 29.5. The van der Waals surface area contributed by atoms with Crippen LogP contribution in [0, 0.1) is 20.8 Å². The molecule has 0 amide bonds. The largest absolute Gasteiger partial charge is 0.508 e. The number of phenols is 1. The van der Waals surface area contributed by atoms with E-state index in [1.807, 2.05) is 62.4 Å². The third kappa shape index (κ3) is 26.4. The van der Waals surface area contributed by atoms with Crippen molar-refractivity contribution >= 4 is 113 Å². The van der Waals surface area contributed by atoms with E-state index >= 15 is 0 Å². The Morgan fingerprint density at radius 1 is 0.333 bits per heavy atom. The van der Waals surface area contributed by atoms with Crippen molar-refractivity contribution in [1.82, 2.24) is 41.2 Å². The van der Waals surface area contributed by atoms with Gasteiger partial charge in [-0.3, -0.25) is 0 Å². The van der Waals surface area contributed by atoms with Gasteiger partial charge in [-0.25, -0.2) is 19.9 Å². The van der Waals surface area contributed by atoms with E-state index < -0.39 is 0 Å². The molecule has 0 unspecified atom stereocenters. The quantitative estimate of drug-likeness (QED) is 0.0310. The van der Waals surface area contributed by atoms with Gasteiger partial charge in [0.25, 0.3) is 0 Å². The van der Waals surface area contributed by atoms with Crippen molar-refractivity contribution in [1.29, 1.82) is 0 Å². The summed E-state index contributed by atoms with van der Waals surface area (Å²) in [6.45, 7) is 43.9. The minimum atomic E-state index is 0.148. The van der Waals surface area contributed by atoms with Gasteiger partial charge in [-0.15, -0.1) is 0 Å². The number of methoxy groups -OCH3 is 2. The normalized spacial score (nSPS) is 15.3. The first-order chi connectivity index (χ1) is 60.2. The lowest BCUT2D eigenvalue weighted by Crippen LogP contribution is -2.49. The number of piperidine rings is 4. The number of aromatic nitrogens is 4. The van der Waals surface area contributed by atoms with Crippen LogP contribution in [-0.4, -0.2) is 138 Å². The number of nitrogens with one attached hydrogen (secondary N) is 8. The number of nitrogens with zero attached hydrogens (tertiary/aromatic N) is 8. The average molecular weight is 1740 g/mol. The van der Waals surface area contributed by atoms with E-state index in [0.717, 1.165) is 194 Å². The van der Waals surface area contributed by atoms with Crippen molar-refractivity contribution < 1.29 is 14.6 Å². The Morgan fingerprint density at radius 3 is 0.944 bits per heavy atom. The summed E-state index contributed by atoms with van der Waals surface area (Å²) in [5.74, 6) is 5.44. The molecule has 4 aliphatic rings. The number of anilines is 8. The number of hydrogen-bond acceptors (Lipinski definition) is 19. The van der Waals surface area contributed by atoms with Gasteiger partial charge in [-0.1, -0.05) is 138 Å². The summed E-state index contributed by atoms with van der Waals surface area (Å²) >= 11 is 12.3. The number of hydrogen-bond donors (Lipinski definition) is 9. The number of aryl methyl sites for hydroxylation is 3. The standard InChI is InChI=1S/C27H36N4O.C26H33ClN4O.C26H33ClN4.C26H34N4O/c1-19-10-11-20(25(16-19)32-5)18-28-26-17-24(22-8-6-7-9-23(22)29-26)31-14-12-21(13-15-31)30-27(2,3)4;1-26(2,3)30-19-11-13-31(14-12-19)23-16-25(29-22-8-6-5-7-20(22)23)28-17-18-9-10-21(27)24(15-18)32-4;1-18-15-19(9-10-22(18)27)17-28-25-16-24(21-7-5-6-8-23(21)29-25)31-13-11-20(12-14-31)30-26(2,3)4;1-18-9-10-19(24(31)15-18)17-27-25-16-23(21-7-5-6-8-22(21)28-25)30-13-11-20(12-14-30)29-26(2,3)4/h6-11,16-17,21,30H,12-15,18H2,1-5H3,(H,28,29);5-10,15-16,19,30H,11-14,17H2,1-4H3,(H,28,29);5-10,15-16,20,30H,11-14,17H2,1-4H3,(H,28,29);5-10,15-16,20,29,31H,11-14,17H2,1-4H3,(H,27,28). The SMILES string of the molecule is COc1cc(C)ccc1CNc1cc(N2CCC(NC(C)(C)C)CC2)c2ccccc2n1.COc1cc(CNc2cc(N3CCC(NC(C)(C)C)CC3)c3ccccc3n2)ccc1Cl.Cc1cc(CNc2cc(N3CCC(NC(C)(C)C)CC3)c3ccccc3n2)ccc1Cl.Cc1ccc(CNc2cc(N3CCC(NC(C)(C)C)CC3)c3ccccc3n2)c(O)c1. The second-order valence-corrected chi connectivity index (χ2v) is 39.5. The Labute approximate surface area is 759 Å². The molecule has 12 aromatic rings. The molecule has 0 bridgehead atoms. The number of phenolic OH excluding ortho intramolecular Hbond substituents is 1. The van der Waals surface area contributed by atoms with Crippen molar-refractivity contribution in [3.05, 3.63) is 243 Å².